The Kier molecular flexibility index (Phi) is 4.22. The van der Waals surface area contributed by atoms with E-state index < -0.39 is 5.82 Å². The summed E-state index contributed by atoms with van der Waals surface area (Å²) in [6, 6.07) is 3.77. The largest absolute Gasteiger partial charge is 0.398 e. The average molecular weight is 279 g/mol. The van der Waals surface area contributed by atoms with E-state index in [0.717, 1.165) is 6.07 Å². The quantitative estimate of drug-likeness (QED) is 0.793. The van der Waals surface area contributed by atoms with Crippen molar-refractivity contribution in [2.75, 3.05) is 25.9 Å². The third-order valence-corrected chi connectivity index (χ3v) is 3.64. The van der Waals surface area contributed by atoms with Crippen LogP contribution < -0.4 is 11.1 Å². The normalized spacial score (nSPS) is 16.0. The zero-order valence-corrected chi connectivity index (χ0v) is 11.4. The molecule has 1 heterocycles. The molecule has 2 amide bonds. The molecule has 5 nitrogen and oxygen atoms in total. The number of nitrogen functional groups attached to an aromatic ring is 1. The van der Waals surface area contributed by atoms with Gasteiger partial charge in [0.15, 0.2) is 0 Å². The maximum absolute atomic E-state index is 13.0. The lowest BCUT2D eigenvalue weighted by Gasteiger charge is -2.31. The Labute approximate surface area is 116 Å². The molecule has 0 aromatic heterocycles. The van der Waals surface area contributed by atoms with E-state index in [1.807, 2.05) is 0 Å². The summed E-state index contributed by atoms with van der Waals surface area (Å²) in [5.74, 6) is -0.705. The first kappa shape index (κ1) is 14.3. The lowest BCUT2D eigenvalue weighted by atomic mass is 9.95. The molecule has 0 atom stereocenters. The minimum Gasteiger partial charge on any atom is -0.398 e. The van der Waals surface area contributed by atoms with Crippen molar-refractivity contribution >= 4 is 17.5 Å². The molecular weight excluding hydrogens is 261 g/mol. The van der Waals surface area contributed by atoms with E-state index in [2.05, 4.69) is 5.32 Å². The highest BCUT2D eigenvalue weighted by Gasteiger charge is 2.27. The topological polar surface area (TPSA) is 75.4 Å². The Bertz CT molecular complexity index is 525. The highest BCUT2D eigenvalue weighted by molar-refractivity contribution is 5.99. The van der Waals surface area contributed by atoms with Crippen molar-refractivity contribution in [3.63, 3.8) is 0 Å². The first-order valence-corrected chi connectivity index (χ1v) is 6.59. The predicted molar refractivity (Wildman–Crippen MR) is 73.5 cm³/mol. The lowest BCUT2D eigenvalue weighted by molar-refractivity contribution is -0.125. The summed E-state index contributed by atoms with van der Waals surface area (Å²) in [6.45, 7) is 1.02. The molecule has 108 valence electrons. The maximum atomic E-state index is 13.0. The fourth-order valence-electron chi connectivity index (χ4n) is 2.45. The number of anilines is 1. The van der Waals surface area contributed by atoms with Gasteiger partial charge in [-0.05, 0) is 31.0 Å². The van der Waals surface area contributed by atoms with Crippen LogP contribution in [-0.2, 0) is 4.79 Å². The third kappa shape index (κ3) is 2.89. The first-order chi connectivity index (χ1) is 9.52. The van der Waals surface area contributed by atoms with E-state index in [1.54, 1.807) is 11.9 Å². The molecular formula is C14H18FN3O2. The summed E-state index contributed by atoms with van der Waals surface area (Å²) in [7, 11) is 1.61. The van der Waals surface area contributed by atoms with Gasteiger partial charge in [-0.2, -0.15) is 0 Å². The van der Waals surface area contributed by atoms with Crippen LogP contribution >= 0.6 is 0 Å². The van der Waals surface area contributed by atoms with Gasteiger partial charge in [0.05, 0.1) is 5.56 Å². The van der Waals surface area contributed by atoms with Gasteiger partial charge in [0.2, 0.25) is 5.91 Å². The molecule has 1 aliphatic heterocycles. The number of amides is 2. The number of nitrogens with zero attached hydrogens (tertiary/aromatic N) is 1. The van der Waals surface area contributed by atoms with Crippen LogP contribution in [0.1, 0.15) is 23.2 Å². The van der Waals surface area contributed by atoms with Gasteiger partial charge in [0.25, 0.3) is 5.91 Å². The van der Waals surface area contributed by atoms with Crippen LogP contribution in [-0.4, -0.2) is 36.9 Å². The number of carbonyl (C=O) groups is 2. The molecule has 1 aliphatic rings. The van der Waals surface area contributed by atoms with Crippen molar-refractivity contribution in [2.45, 2.75) is 12.8 Å². The number of nitrogens with two attached hydrogens (primary N) is 1. The summed E-state index contributed by atoms with van der Waals surface area (Å²) in [5, 5.41) is 2.62. The molecule has 0 bridgehead atoms. The molecule has 1 saturated heterocycles. The minimum atomic E-state index is -0.461. The summed E-state index contributed by atoms with van der Waals surface area (Å²) in [5.41, 5.74) is 6.13. The van der Waals surface area contributed by atoms with Gasteiger partial charge in [-0.3, -0.25) is 9.59 Å². The van der Waals surface area contributed by atoms with Gasteiger partial charge < -0.3 is 16.0 Å². The van der Waals surface area contributed by atoms with Gasteiger partial charge in [-0.25, -0.2) is 4.39 Å². The van der Waals surface area contributed by atoms with Crippen molar-refractivity contribution < 1.29 is 14.0 Å². The second-order valence-electron chi connectivity index (χ2n) is 4.91. The Morgan fingerprint density at radius 3 is 2.55 bits per heavy atom. The van der Waals surface area contributed by atoms with Crippen LogP contribution in [0, 0.1) is 11.7 Å². The van der Waals surface area contributed by atoms with E-state index in [-0.39, 0.29) is 23.4 Å². The van der Waals surface area contributed by atoms with Gasteiger partial charge in [-0.1, -0.05) is 0 Å². The average Bonchev–Trinajstić information content (AvgIpc) is 2.46. The van der Waals surface area contributed by atoms with E-state index in [0.29, 0.717) is 31.5 Å². The Balaban J connectivity index is 2.03. The van der Waals surface area contributed by atoms with Crippen LogP contribution in [0.25, 0.3) is 0 Å². The summed E-state index contributed by atoms with van der Waals surface area (Å²) in [4.78, 5) is 25.5. The second kappa shape index (κ2) is 5.90. The summed E-state index contributed by atoms with van der Waals surface area (Å²) < 4.78 is 13.0. The van der Waals surface area contributed by atoms with Crippen molar-refractivity contribution in [3.8, 4) is 0 Å². The van der Waals surface area contributed by atoms with E-state index in [9.17, 15) is 14.0 Å². The molecule has 1 aromatic rings. The predicted octanol–water partition coefficient (Wildman–Crippen LogP) is 1.01. The van der Waals surface area contributed by atoms with Gasteiger partial charge >= 0.3 is 0 Å². The number of rotatable bonds is 2. The number of benzene rings is 1. The highest BCUT2D eigenvalue weighted by atomic mass is 19.1. The monoisotopic (exact) mass is 279 g/mol. The van der Waals surface area contributed by atoms with Gasteiger partial charge in [-0.15, -0.1) is 0 Å². The Morgan fingerprint density at radius 2 is 2.00 bits per heavy atom. The molecule has 0 aliphatic carbocycles. The number of halogens is 1. The van der Waals surface area contributed by atoms with E-state index in [4.69, 9.17) is 5.73 Å². The molecule has 0 saturated carbocycles. The lowest BCUT2D eigenvalue weighted by Crippen LogP contribution is -2.42. The third-order valence-electron chi connectivity index (χ3n) is 3.64. The smallest absolute Gasteiger partial charge is 0.255 e. The van der Waals surface area contributed by atoms with Crippen LogP contribution in [0.5, 0.6) is 0 Å². The minimum absolute atomic E-state index is 0.0124. The number of hydrogen-bond acceptors (Lipinski definition) is 3. The zero-order valence-electron chi connectivity index (χ0n) is 11.4. The van der Waals surface area contributed by atoms with Crippen LogP contribution in [0.15, 0.2) is 18.2 Å². The molecule has 1 fully saturated rings. The fraction of sp³-hybridized carbons (Fsp3) is 0.429. The summed E-state index contributed by atoms with van der Waals surface area (Å²) >= 11 is 0. The second-order valence-corrected chi connectivity index (χ2v) is 4.91. The molecule has 3 N–H and O–H groups in total. The number of nitrogens with one attached hydrogen (secondary N) is 1. The van der Waals surface area contributed by atoms with Crippen molar-refractivity contribution in [1.82, 2.24) is 10.2 Å². The molecule has 6 heteroatoms. The van der Waals surface area contributed by atoms with Crippen molar-refractivity contribution in [1.29, 1.82) is 0 Å². The molecule has 20 heavy (non-hydrogen) atoms. The van der Waals surface area contributed by atoms with E-state index >= 15 is 0 Å². The zero-order chi connectivity index (χ0) is 14.7. The molecule has 2 rings (SSSR count). The molecule has 1 aromatic carbocycles. The van der Waals surface area contributed by atoms with Crippen molar-refractivity contribution in [2.24, 2.45) is 5.92 Å². The molecule has 0 spiro atoms. The van der Waals surface area contributed by atoms with E-state index in [1.165, 1.54) is 12.1 Å². The van der Waals surface area contributed by atoms with Crippen LogP contribution in [0.2, 0.25) is 0 Å². The fourth-order valence-corrected chi connectivity index (χ4v) is 2.45. The highest BCUT2D eigenvalue weighted by Crippen LogP contribution is 2.21. The van der Waals surface area contributed by atoms with Crippen molar-refractivity contribution in [3.05, 3.63) is 29.6 Å². The number of likely N-dealkylation sites (tertiary alicyclic amines) is 1. The number of piperidine rings is 1. The standard InChI is InChI=1S/C14H18FN3O2/c1-17-13(19)9-4-6-18(7-5-9)14(20)11-3-2-10(15)8-12(11)16/h2-3,8-9H,4-7,16H2,1H3,(H,17,19). The van der Waals surface area contributed by atoms with Crippen LogP contribution in [0.4, 0.5) is 10.1 Å². The number of carbonyl (C=O) groups excluding carboxylic acids is 2. The Morgan fingerprint density at radius 1 is 1.35 bits per heavy atom. The summed E-state index contributed by atoms with van der Waals surface area (Å²) in [6.07, 6.45) is 1.26. The first-order valence-electron chi connectivity index (χ1n) is 6.59. The Hall–Kier alpha value is -2.11. The molecule has 0 unspecified atom stereocenters. The maximum Gasteiger partial charge on any atom is 0.255 e. The number of hydrogen-bond donors (Lipinski definition) is 2. The molecule has 0 radical (unpaired) electrons. The van der Waals surface area contributed by atoms with Gasteiger partial charge in [0, 0.05) is 31.7 Å². The SMILES string of the molecule is CNC(=O)C1CCN(C(=O)c2ccc(F)cc2N)CC1. The van der Waals surface area contributed by atoms with Crippen LogP contribution in [0.3, 0.4) is 0 Å². The van der Waals surface area contributed by atoms with Gasteiger partial charge in [0.1, 0.15) is 5.82 Å².